The topological polar surface area (TPSA) is 55.8 Å². The standard InChI is InChI=1S/C20H18Cl2O4/c21-14-8-18(22)17(7-6-16-10-15(23)11-20(24)26-16)19(9-14)25-12-13-4-2-1-3-5-13/h1-9,15-16,23H,10-12H2/b7-6+/t15-,16-/m0/s1. The summed E-state index contributed by atoms with van der Waals surface area (Å²) < 4.78 is 11.1. The first-order valence-electron chi connectivity index (χ1n) is 8.23. The van der Waals surface area contributed by atoms with E-state index in [0.717, 1.165) is 5.56 Å². The van der Waals surface area contributed by atoms with Crippen LogP contribution >= 0.6 is 23.2 Å². The summed E-state index contributed by atoms with van der Waals surface area (Å²) in [5.74, 6) is 0.117. The molecule has 0 saturated carbocycles. The van der Waals surface area contributed by atoms with E-state index in [1.165, 1.54) is 0 Å². The summed E-state index contributed by atoms with van der Waals surface area (Å²) in [6.45, 7) is 0.371. The number of ether oxygens (including phenoxy) is 2. The first-order valence-corrected chi connectivity index (χ1v) is 8.98. The highest BCUT2D eigenvalue weighted by atomic mass is 35.5. The van der Waals surface area contributed by atoms with Crippen molar-refractivity contribution in [2.24, 2.45) is 0 Å². The van der Waals surface area contributed by atoms with Crippen LogP contribution in [0.3, 0.4) is 0 Å². The summed E-state index contributed by atoms with van der Waals surface area (Å²) >= 11 is 12.4. The molecule has 136 valence electrons. The average molecular weight is 393 g/mol. The lowest BCUT2D eigenvalue weighted by molar-refractivity contribution is -0.156. The molecule has 0 amide bonds. The minimum atomic E-state index is -0.694. The van der Waals surface area contributed by atoms with Gasteiger partial charge in [0.1, 0.15) is 18.5 Å². The second kappa shape index (κ2) is 8.58. The minimum absolute atomic E-state index is 0.0253. The monoisotopic (exact) mass is 392 g/mol. The Morgan fingerprint density at radius 1 is 1.23 bits per heavy atom. The number of rotatable bonds is 5. The van der Waals surface area contributed by atoms with Crippen LogP contribution in [0.5, 0.6) is 5.75 Å². The lowest BCUT2D eigenvalue weighted by atomic mass is 10.0. The Morgan fingerprint density at radius 2 is 2.00 bits per heavy atom. The van der Waals surface area contributed by atoms with Crippen LogP contribution in [0.1, 0.15) is 24.0 Å². The second-order valence-corrected chi connectivity index (χ2v) is 6.90. The quantitative estimate of drug-likeness (QED) is 0.752. The third-order valence-corrected chi connectivity index (χ3v) is 4.49. The van der Waals surface area contributed by atoms with Gasteiger partial charge in [-0.3, -0.25) is 4.79 Å². The number of benzene rings is 2. The third kappa shape index (κ3) is 5.01. The highest BCUT2D eigenvalue weighted by Crippen LogP contribution is 2.33. The van der Waals surface area contributed by atoms with Crippen molar-refractivity contribution in [2.45, 2.75) is 31.7 Å². The number of hydrogen-bond acceptors (Lipinski definition) is 4. The Labute approximate surface area is 162 Å². The summed E-state index contributed by atoms with van der Waals surface area (Å²) in [6.07, 6.45) is 2.62. The number of hydrogen-bond donors (Lipinski definition) is 1. The highest BCUT2D eigenvalue weighted by Gasteiger charge is 2.25. The Bertz CT molecular complexity index is 805. The fourth-order valence-corrected chi connectivity index (χ4v) is 3.25. The van der Waals surface area contributed by atoms with Gasteiger partial charge < -0.3 is 14.6 Å². The van der Waals surface area contributed by atoms with E-state index in [9.17, 15) is 9.90 Å². The molecular formula is C20H18Cl2O4. The van der Waals surface area contributed by atoms with Crippen molar-refractivity contribution in [2.75, 3.05) is 0 Å². The number of carbonyl (C=O) groups excluding carboxylic acids is 1. The molecule has 0 bridgehead atoms. The van der Waals surface area contributed by atoms with E-state index < -0.39 is 18.2 Å². The zero-order valence-corrected chi connectivity index (χ0v) is 15.4. The van der Waals surface area contributed by atoms with Crippen molar-refractivity contribution >= 4 is 35.2 Å². The van der Waals surface area contributed by atoms with Gasteiger partial charge in [-0.2, -0.15) is 0 Å². The molecule has 0 radical (unpaired) electrons. The molecule has 2 aromatic rings. The SMILES string of the molecule is O=C1C[C@@H](O)C[C@H](/C=C/c2c(Cl)cc(Cl)cc2OCc2ccccc2)O1. The van der Waals surface area contributed by atoms with Crippen LogP contribution in [-0.4, -0.2) is 23.3 Å². The molecule has 1 aliphatic rings. The van der Waals surface area contributed by atoms with Gasteiger partial charge in [0, 0.05) is 17.0 Å². The maximum absolute atomic E-state index is 11.4. The Hall–Kier alpha value is -2.01. The van der Waals surface area contributed by atoms with E-state index in [4.69, 9.17) is 32.7 Å². The summed E-state index contributed by atoms with van der Waals surface area (Å²) in [7, 11) is 0. The Morgan fingerprint density at radius 3 is 2.73 bits per heavy atom. The maximum Gasteiger partial charge on any atom is 0.309 e. The van der Waals surface area contributed by atoms with Crippen molar-refractivity contribution in [1.82, 2.24) is 0 Å². The Balaban J connectivity index is 1.79. The van der Waals surface area contributed by atoms with E-state index in [1.807, 2.05) is 30.3 Å². The fraction of sp³-hybridized carbons (Fsp3) is 0.250. The fourth-order valence-electron chi connectivity index (χ4n) is 2.71. The molecule has 1 fully saturated rings. The van der Waals surface area contributed by atoms with Crippen molar-refractivity contribution in [3.8, 4) is 5.75 Å². The number of halogens is 2. The second-order valence-electron chi connectivity index (χ2n) is 6.05. The molecule has 2 aromatic carbocycles. The predicted molar refractivity (Wildman–Crippen MR) is 101 cm³/mol. The molecule has 2 atom stereocenters. The summed E-state index contributed by atoms with van der Waals surface area (Å²) in [6, 6.07) is 13.1. The molecule has 1 heterocycles. The highest BCUT2D eigenvalue weighted by molar-refractivity contribution is 6.35. The number of cyclic esters (lactones) is 1. The van der Waals surface area contributed by atoms with Crippen LogP contribution in [0.25, 0.3) is 6.08 Å². The minimum Gasteiger partial charge on any atom is -0.488 e. The lowest BCUT2D eigenvalue weighted by Crippen LogP contribution is -2.31. The zero-order chi connectivity index (χ0) is 18.5. The normalized spacial score (nSPS) is 20.2. The summed E-state index contributed by atoms with van der Waals surface area (Å²) in [4.78, 5) is 11.4. The van der Waals surface area contributed by atoms with Crippen molar-refractivity contribution in [1.29, 1.82) is 0 Å². The molecule has 0 aliphatic carbocycles. The van der Waals surface area contributed by atoms with Crippen LogP contribution in [0.2, 0.25) is 10.0 Å². The number of carbonyl (C=O) groups is 1. The molecule has 1 aliphatic heterocycles. The van der Waals surface area contributed by atoms with Crippen LogP contribution in [0.4, 0.5) is 0 Å². The number of aliphatic hydroxyl groups excluding tert-OH is 1. The van der Waals surface area contributed by atoms with Gasteiger partial charge in [0.2, 0.25) is 0 Å². The molecule has 0 aromatic heterocycles. The van der Waals surface area contributed by atoms with Gasteiger partial charge in [0.15, 0.2) is 0 Å². The van der Waals surface area contributed by atoms with Crippen molar-refractivity contribution < 1.29 is 19.4 Å². The maximum atomic E-state index is 11.4. The molecule has 6 heteroatoms. The first-order chi connectivity index (χ1) is 12.5. The molecule has 3 rings (SSSR count). The molecule has 0 spiro atoms. The average Bonchev–Trinajstić information content (AvgIpc) is 2.59. The Kier molecular flexibility index (Phi) is 6.20. The van der Waals surface area contributed by atoms with Gasteiger partial charge in [0.25, 0.3) is 0 Å². The van der Waals surface area contributed by atoms with Gasteiger partial charge >= 0.3 is 5.97 Å². The summed E-state index contributed by atoms with van der Waals surface area (Å²) in [5.41, 5.74) is 1.66. The van der Waals surface area contributed by atoms with E-state index in [1.54, 1.807) is 24.3 Å². The van der Waals surface area contributed by atoms with Crippen molar-refractivity contribution in [3.63, 3.8) is 0 Å². The number of esters is 1. The molecule has 1 N–H and O–H groups in total. The lowest BCUT2D eigenvalue weighted by Gasteiger charge is -2.23. The van der Waals surface area contributed by atoms with Gasteiger partial charge in [-0.25, -0.2) is 0 Å². The first kappa shape index (κ1) is 18.8. The van der Waals surface area contributed by atoms with Gasteiger partial charge in [0.05, 0.1) is 17.5 Å². The number of aliphatic hydroxyl groups is 1. The molecule has 1 saturated heterocycles. The molecular weight excluding hydrogens is 375 g/mol. The third-order valence-electron chi connectivity index (χ3n) is 3.96. The molecule has 26 heavy (non-hydrogen) atoms. The van der Waals surface area contributed by atoms with E-state index in [-0.39, 0.29) is 6.42 Å². The van der Waals surface area contributed by atoms with Crippen LogP contribution in [0.15, 0.2) is 48.5 Å². The van der Waals surface area contributed by atoms with E-state index >= 15 is 0 Å². The van der Waals surface area contributed by atoms with E-state index in [0.29, 0.717) is 34.4 Å². The largest absolute Gasteiger partial charge is 0.488 e. The van der Waals surface area contributed by atoms with Crippen LogP contribution in [0, 0.1) is 0 Å². The van der Waals surface area contributed by atoms with Crippen LogP contribution in [-0.2, 0) is 16.1 Å². The van der Waals surface area contributed by atoms with E-state index in [2.05, 4.69) is 0 Å². The van der Waals surface area contributed by atoms with Gasteiger partial charge in [-0.15, -0.1) is 0 Å². The molecule has 4 nitrogen and oxygen atoms in total. The predicted octanol–water partition coefficient (Wildman–Crippen LogP) is 4.65. The van der Waals surface area contributed by atoms with Gasteiger partial charge in [-0.05, 0) is 23.8 Å². The van der Waals surface area contributed by atoms with Crippen LogP contribution < -0.4 is 4.74 Å². The van der Waals surface area contributed by atoms with Crippen molar-refractivity contribution in [3.05, 3.63) is 69.7 Å². The zero-order valence-electron chi connectivity index (χ0n) is 13.9. The molecule has 0 unspecified atom stereocenters. The van der Waals surface area contributed by atoms with Gasteiger partial charge in [-0.1, -0.05) is 59.6 Å². The smallest absolute Gasteiger partial charge is 0.309 e. The summed E-state index contributed by atoms with van der Waals surface area (Å²) in [5, 5.41) is 10.6.